The molecule has 0 saturated heterocycles. The Balaban J connectivity index is 2.56. The molecule has 0 N–H and O–H groups in total. The third-order valence-corrected chi connectivity index (χ3v) is 2.72. The van der Waals surface area contributed by atoms with Crippen LogP contribution in [0.4, 0.5) is 0 Å². The van der Waals surface area contributed by atoms with Gasteiger partial charge in [0.05, 0.1) is 20.6 Å². The number of methoxy groups -OCH3 is 2. The number of carbonyl (C=O) groups excluding carboxylic acids is 1. The Bertz CT molecular complexity index is 425. The van der Waals surface area contributed by atoms with Crippen molar-refractivity contribution in [2.75, 3.05) is 14.2 Å². The lowest BCUT2D eigenvalue weighted by atomic mass is 9.93. The molecule has 0 fully saturated rings. The molecule has 1 aromatic carbocycles. The topological polar surface area (TPSA) is 44.8 Å². The minimum atomic E-state index is -0.213. The van der Waals surface area contributed by atoms with Crippen molar-refractivity contribution < 1.29 is 19.0 Å². The highest BCUT2D eigenvalue weighted by atomic mass is 16.5. The fraction of sp³-hybridized carbons (Fsp3) is 0.417. The number of carbonyl (C=O) groups is 1. The molecule has 0 bridgehead atoms. The molecular weight excluding hydrogens is 208 g/mol. The molecule has 0 spiro atoms. The summed E-state index contributed by atoms with van der Waals surface area (Å²) in [6.07, 6.45) is 0.385. The van der Waals surface area contributed by atoms with Gasteiger partial charge < -0.3 is 14.2 Å². The van der Waals surface area contributed by atoms with Crippen LogP contribution in [0.15, 0.2) is 12.1 Å². The van der Waals surface area contributed by atoms with Gasteiger partial charge in [-0.15, -0.1) is 0 Å². The normalized spacial score (nSPS) is 18.7. The van der Waals surface area contributed by atoms with E-state index in [1.165, 1.54) is 0 Å². The molecule has 0 saturated carbocycles. The Morgan fingerprint density at radius 3 is 2.69 bits per heavy atom. The summed E-state index contributed by atoms with van der Waals surface area (Å²) in [6, 6.07) is 3.51. The average molecular weight is 222 g/mol. The monoisotopic (exact) mass is 222 g/mol. The molecule has 1 aliphatic rings. The summed E-state index contributed by atoms with van der Waals surface area (Å²) in [5.41, 5.74) is 0.933. The average Bonchev–Trinajstić information content (AvgIpc) is 2.26. The molecule has 0 radical (unpaired) electrons. The van der Waals surface area contributed by atoms with Crippen LogP contribution in [-0.4, -0.2) is 20.2 Å². The summed E-state index contributed by atoms with van der Waals surface area (Å²) in [5, 5.41) is 0. The number of benzene rings is 1. The second-order valence-corrected chi connectivity index (χ2v) is 3.82. The number of hydrogen-bond acceptors (Lipinski definition) is 4. The summed E-state index contributed by atoms with van der Waals surface area (Å²) in [7, 11) is 3.16. The zero-order chi connectivity index (χ0) is 11.7. The van der Waals surface area contributed by atoms with Gasteiger partial charge in [-0.3, -0.25) is 4.79 Å². The first-order valence-electron chi connectivity index (χ1n) is 5.12. The van der Waals surface area contributed by atoms with Crippen LogP contribution in [0.5, 0.6) is 17.2 Å². The lowest BCUT2D eigenvalue weighted by Crippen LogP contribution is -2.19. The van der Waals surface area contributed by atoms with Crippen LogP contribution < -0.4 is 14.2 Å². The molecule has 4 heteroatoms. The maximum absolute atomic E-state index is 11.3. The summed E-state index contributed by atoms with van der Waals surface area (Å²) in [5.74, 6) is 1.76. The van der Waals surface area contributed by atoms with Gasteiger partial charge >= 0.3 is 5.97 Å². The highest BCUT2D eigenvalue weighted by molar-refractivity contribution is 5.77. The zero-order valence-corrected chi connectivity index (χ0v) is 9.57. The lowest BCUT2D eigenvalue weighted by Gasteiger charge is -2.24. The smallest absolute Gasteiger partial charge is 0.311 e. The molecule has 1 heterocycles. The van der Waals surface area contributed by atoms with Gasteiger partial charge in [-0.05, 0) is 5.92 Å². The minimum Gasteiger partial charge on any atom is -0.496 e. The summed E-state index contributed by atoms with van der Waals surface area (Å²) in [6.45, 7) is 1.98. The second kappa shape index (κ2) is 4.04. The van der Waals surface area contributed by atoms with Crippen molar-refractivity contribution in [3.8, 4) is 17.2 Å². The van der Waals surface area contributed by atoms with E-state index in [0.717, 1.165) is 5.56 Å². The third kappa shape index (κ3) is 1.71. The predicted molar refractivity (Wildman–Crippen MR) is 58.2 cm³/mol. The molecule has 2 rings (SSSR count). The second-order valence-electron chi connectivity index (χ2n) is 3.82. The molecule has 4 nitrogen and oxygen atoms in total. The van der Waals surface area contributed by atoms with E-state index in [9.17, 15) is 4.79 Å². The van der Waals surface area contributed by atoms with Crippen LogP contribution >= 0.6 is 0 Å². The summed E-state index contributed by atoms with van der Waals surface area (Å²) < 4.78 is 15.6. The van der Waals surface area contributed by atoms with E-state index in [0.29, 0.717) is 23.7 Å². The van der Waals surface area contributed by atoms with Crippen molar-refractivity contribution in [3.05, 3.63) is 17.7 Å². The van der Waals surface area contributed by atoms with Gasteiger partial charge in [0, 0.05) is 17.7 Å². The molecule has 1 aliphatic heterocycles. The van der Waals surface area contributed by atoms with Gasteiger partial charge in [-0.1, -0.05) is 6.92 Å². The van der Waals surface area contributed by atoms with E-state index in [4.69, 9.17) is 14.2 Å². The van der Waals surface area contributed by atoms with Gasteiger partial charge in [-0.2, -0.15) is 0 Å². The fourth-order valence-electron chi connectivity index (χ4n) is 1.95. The van der Waals surface area contributed by atoms with Crippen LogP contribution in [0.25, 0.3) is 0 Å². The predicted octanol–water partition coefficient (Wildman–Crippen LogP) is 2.12. The van der Waals surface area contributed by atoms with Crippen LogP contribution in [-0.2, 0) is 4.79 Å². The quantitative estimate of drug-likeness (QED) is 0.568. The van der Waals surface area contributed by atoms with Crippen molar-refractivity contribution in [1.29, 1.82) is 0 Å². The molecule has 1 aromatic rings. The van der Waals surface area contributed by atoms with Crippen LogP contribution in [0.2, 0.25) is 0 Å². The van der Waals surface area contributed by atoms with Crippen molar-refractivity contribution in [2.45, 2.75) is 19.3 Å². The van der Waals surface area contributed by atoms with E-state index >= 15 is 0 Å². The number of esters is 1. The van der Waals surface area contributed by atoms with Gasteiger partial charge in [0.15, 0.2) is 0 Å². The zero-order valence-electron chi connectivity index (χ0n) is 9.57. The van der Waals surface area contributed by atoms with Gasteiger partial charge in [0.25, 0.3) is 0 Å². The summed E-state index contributed by atoms with van der Waals surface area (Å²) in [4.78, 5) is 11.3. The fourth-order valence-corrected chi connectivity index (χ4v) is 1.95. The first-order chi connectivity index (χ1) is 7.65. The first kappa shape index (κ1) is 10.8. The molecule has 86 valence electrons. The number of fused-ring (bicyclic) bond motifs is 1. The van der Waals surface area contributed by atoms with Gasteiger partial charge in [0.1, 0.15) is 17.2 Å². The maximum Gasteiger partial charge on any atom is 0.311 e. The van der Waals surface area contributed by atoms with Crippen LogP contribution in [0, 0.1) is 0 Å². The van der Waals surface area contributed by atoms with Gasteiger partial charge in [0.2, 0.25) is 0 Å². The minimum absolute atomic E-state index is 0.108. The molecule has 0 amide bonds. The first-order valence-corrected chi connectivity index (χ1v) is 5.12. The summed E-state index contributed by atoms with van der Waals surface area (Å²) >= 11 is 0. The molecule has 0 aromatic heterocycles. The third-order valence-electron chi connectivity index (χ3n) is 2.72. The van der Waals surface area contributed by atoms with E-state index in [1.807, 2.05) is 6.92 Å². The van der Waals surface area contributed by atoms with Crippen LogP contribution in [0.1, 0.15) is 24.8 Å². The number of rotatable bonds is 2. The van der Waals surface area contributed by atoms with Gasteiger partial charge in [-0.25, -0.2) is 0 Å². The highest BCUT2D eigenvalue weighted by Gasteiger charge is 2.28. The van der Waals surface area contributed by atoms with Crippen molar-refractivity contribution >= 4 is 5.97 Å². The standard InChI is InChI=1S/C12H14O4/c1-7-4-11(13)16-10-6-8(14-2)5-9(15-3)12(7)10/h5-7H,4H2,1-3H3. The van der Waals surface area contributed by atoms with E-state index in [2.05, 4.69) is 0 Å². The van der Waals surface area contributed by atoms with E-state index in [-0.39, 0.29) is 11.9 Å². The Morgan fingerprint density at radius 2 is 2.06 bits per heavy atom. The Morgan fingerprint density at radius 1 is 1.31 bits per heavy atom. The highest BCUT2D eigenvalue weighted by Crippen LogP contribution is 2.43. The maximum atomic E-state index is 11.3. The Hall–Kier alpha value is -1.71. The van der Waals surface area contributed by atoms with E-state index in [1.54, 1.807) is 26.4 Å². The van der Waals surface area contributed by atoms with E-state index < -0.39 is 0 Å². The largest absolute Gasteiger partial charge is 0.496 e. The molecular formula is C12H14O4. The van der Waals surface area contributed by atoms with Crippen molar-refractivity contribution in [1.82, 2.24) is 0 Å². The van der Waals surface area contributed by atoms with Crippen molar-refractivity contribution in [2.24, 2.45) is 0 Å². The SMILES string of the molecule is COc1cc(OC)c2c(c1)OC(=O)CC2C. The molecule has 16 heavy (non-hydrogen) atoms. The lowest BCUT2D eigenvalue weighted by molar-refractivity contribution is -0.135. The molecule has 0 aliphatic carbocycles. The molecule has 1 unspecified atom stereocenters. The molecule has 1 atom stereocenters. The Labute approximate surface area is 94.1 Å². The Kier molecular flexibility index (Phi) is 2.73. The number of hydrogen-bond donors (Lipinski definition) is 0. The van der Waals surface area contributed by atoms with Crippen LogP contribution in [0.3, 0.4) is 0 Å². The van der Waals surface area contributed by atoms with Crippen molar-refractivity contribution in [3.63, 3.8) is 0 Å². The number of ether oxygens (including phenoxy) is 3.